The second-order valence-corrected chi connectivity index (χ2v) is 5.03. The van der Waals surface area contributed by atoms with Gasteiger partial charge in [0.15, 0.2) is 0 Å². The lowest BCUT2D eigenvalue weighted by Crippen LogP contribution is -2.48. The van der Waals surface area contributed by atoms with Crippen LogP contribution in [-0.4, -0.2) is 66.3 Å². The first-order valence-corrected chi connectivity index (χ1v) is 5.88. The predicted octanol–water partition coefficient (Wildman–Crippen LogP) is -0.276. The molecule has 90 valence electrons. The highest BCUT2D eigenvalue weighted by atomic mass is 16.3. The molecule has 1 aliphatic heterocycles. The number of rotatable bonds is 5. The largest absolute Gasteiger partial charge is 0.390 e. The van der Waals surface area contributed by atoms with Gasteiger partial charge in [-0.3, -0.25) is 4.90 Å². The van der Waals surface area contributed by atoms with Crippen molar-refractivity contribution in [2.24, 2.45) is 5.73 Å². The standard InChI is InChI=1S/C11H25N3O/c1-11(2,15)3-5-13-7-9-14(6-4-12)10-8-13/h15H,3-10,12H2,1-2H3. The maximum absolute atomic E-state index is 9.63. The summed E-state index contributed by atoms with van der Waals surface area (Å²) < 4.78 is 0. The lowest BCUT2D eigenvalue weighted by Gasteiger charge is -2.35. The van der Waals surface area contributed by atoms with E-state index >= 15 is 0 Å². The second kappa shape index (κ2) is 5.80. The van der Waals surface area contributed by atoms with Crippen LogP contribution in [0.1, 0.15) is 20.3 Å². The van der Waals surface area contributed by atoms with Crippen molar-refractivity contribution in [3.05, 3.63) is 0 Å². The quantitative estimate of drug-likeness (QED) is 0.662. The Kier molecular flexibility index (Phi) is 4.99. The highest BCUT2D eigenvalue weighted by Gasteiger charge is 2.19. The first kappa shape index (κ1) is 12.9. The van der Waals surface area contributed by atoms with Gasteiger partial charge in [-0.1, -0.05) is 0 Å². The van der Waals surface area contributed by atoms with Crippen molar-refractivity contribution in [1.29, 1.82) is 0 Å². The number of nitrogens with zero attached hydrogens (tertiary/aromatic N) is 2. The number of aliphatic hydroxyl groups is 1. The topological polar surface area (TPSA) is 52.7 Å². The Bertz CT molecular complexity index is 171. The number of hydrogen-bond donors (Lipinski definition) is 2. The van der Waals surface area contributed by atoms with E-state index in [0.29, 0.717) is 0 Å². The zero-order valence-electron chi connectivity index (χ0n) is 10.1. The summed E-state index contributed by atoms with van der Waals surface area (Å²) >= 11 is 0. The van der Waals surface area contributed by atoms with E-state index in [1.807, 2.05) is 13.8 Å². The molecule has 1 rings (SSSR count). The highest BCUT2D eigenvalue weighted by molar-refractivity contribution is 4.75. The molecule has 0 atom stereocenters. The molecule has 1 fully saturated rings. The average Bonchev–Trinajstić information content (AvgIpc) is 2.16. The Balaban J connectivity index is 2.15. The minimum atomic E-state index is -0.533. The minimum Gasteiger partial charge on any atom is -0.390 e. The molecule has 4 nitrogen and oxygen atoms in total. The Hall–Kier alpha value is -0.160. The van der Waals surface area contributed by atoms with E-state index in [-0.39, 0.29) is 0 Å². The molecule has 0 saturated carbocycles. The van der Waals surface area contributed by atoms with Gasteiger partial charge < -0.3 is 15.7 Å². The van der Waals surface area contributed by atoms with E-state index in [1.54, 1.807) is 0 Å². The van der Waals surface area contributed by atoms with Gasteiger partial charge in [-0.15, -0.1) is 0 Å². The molecule has 1 heterocycles. The Morgan fingerprint density at radius 2 is 1.53 bits per heavy atom. The minimum absolute atomic E-state index is 0.533. The van der Waals surface area contributed by atoms with E-state index < -0.39 is 5.60 Å². The molecule has 0 aliphatic carbocycles. The van der Waals surface area contributed by atoms with E-state index in [4.69, 9.17) is 5.73 Å². The molecule has 0 unspecified atom stereocenters. The van der Waals surface area contributed by atoms with Crippen LogP contribution >= 0.6 is 0 Å². The molecule has 1 saturated heterocycles. The molecule has 0 spiro atoms. The first-order valence-electron chi connectivity index (χ1n) is 5.88. The zero-order chi connectivity index (χ0) is 11.3. The molecule has 1 aliphatic rings. The summed E-state index contributed by atoms with van der Waals surface area (Å²) in [6, 6.07) is 0. The third kappa shape index (κ3) is 5.47. The third-order valence-electron chi connectivity index (χ3n) is 2.95. The van der Waals surface area contributed by atoms with Gasteiger partial charge in [0.05, 0.1) is 5.60 Å². The van der Waals surface area contributed by atoms with Crippen LogP contribution in [0.2, 0.25) is 0 Å². The summed E-state index contributed by atoms with van der Waals surface area (Å²) in [6.07, 6.45) is 0.851. The smallest absolute Gasteiger partial charge is 0.0603 e. The maximum Gasteiger partial charge on any atom is 0.0603 e. The van der Waals surface area contributed by atoms with Crippen LogP contribution in [-0.2, 0) is 0 Å². The summed E-state index contributed by atoms with van der Waals surface area (Å²) in [5.74, 6) is 0. The molecule has 15 heavy (non-hydrogen) atoms. The molecule has 3 N–H and O–H groups in total. The van der Waals surface area contributed by atoms with Crippen LogP contribution < -0.4 is 5.73 Å². The van der Waals surface area contributed by atoms with Gasteiger partial charge in [-0.25, -0.2) is 0 Å². The van der Waals surface area contributed by atoms with Crippen LogP contribution in [0.5, 0.6) is 0 Å². The molecule has 0 bridgehead atoms. The lowest BCUT2D eigenvalue weighted by molar-refractivity contribution is 0.0479. The van der Waals surface area contributed by atoms with Gasteiger partial charge in [0.1, 0.15) is 0 Å². The summed E-state index contributed by atoms with van der Waals surface area (Å²) in [7, 11) is 0. The van der Waals surface area contributed by atoms with Crippen molar-refractivity contribution in [3.8, 4) is 0 Å². The van der Waals surface area contributed by atoms with Crippen LogP contribution in [0.4, 0.5) is 0 Å². The van der Waals surface area contributed by atoms with Crippen LogP contribution in [0.25, 0.3) is 0 Å². The molecule has 0 aromatic rings. The fourth-order valence-corrected chi connectivity index (χ4v) is 1.85. The van der Waals surface area contributed by atoms with Gasteiger partial charge in [0.2, 0.25) is 0 Å². The number of nitrogens with two attached hydrogens (primary N) is 1. The van der Waals surface area contributed by atoms with Crippen molar-refractivity contribution < 1.29 is 5.11 Å². The van der Waals surface area contributed by atoms with Gasteiger partial charge >= 0.3 is 0 Å². The summed E-state index contributed by atoms with van der Waals surface area (Å²) in [6.45, 7) is 11.0. The lowest BCUT2D eigenvalue weighted by atomic mass is 10.1. The zero-order valence-corrected chi connectivity index (χ0v) is 10.1. The molecular formula is C11H25N3O. The van der Waals surface area contributed by atoms with E-state index in [0.717, 1.165) is 52.2 Å². The summed E-state index contributed by atoms with van der Waals surface area (Å²) in [4.78, 5) is 4.82. The van der Waals surface area contributed by atoms with Crippen molar-refractivity contribution in [2.75, 3.05) is 45.8 Å². The number of hydrogen-bond acceptors (Lipinski definition) is 4. The predicted molar refractivity (Wildman–Crippen MR) is 62.8 cm³/mol. The van der Waals surface area contributed by atoms with Crippen LogP contribution in [0.15, 0.2) is 0 Å². The Morgan fingerprint density at radius 3 is 1.93 bits per heavy atom. The molecule has 0 aromatic heterocycles. The van der Waals surface area contributed by atoms with Crippen molar-refractivity contribution in [1.82, 2.24) is 9.80 Å². The molecule has 0 radical (unpaired) electrons. The normalized spacial score (nSPS) is 20.8. The third-order valence-corrected chi connectivity index (χ3v) is 2.95. The fraction of sp³-hybridized carbons (Fsp3) is 1.00. The van der Waals surface area contributed by atoms with Gasteiger partial charge in [-0.2, -0.15) is 0 Å². The van der Waals surface area contributed by atoms with E-state index in [1.165, 1.54) is 0 Å². The first-order chi connectivity index (χ1) is 7.01. The van der Waals surface area contributed by atoms with Crippen LogP contribution in [0, 0.1) is 0 Å². The fourth-order valence-electron chi connectivity index (χ4n) is 1.85. The molecule has 0 amide bonds. The van der Waals surface area contributed by atoms with E-state index in [2.05, 4.69) is 9.80 Å². The SMILES string of the molecule is CC(C)(O)CCN1CCN(CCN)CC1. The summed E-state index contributed by atoms with van der Waals surface area (Å²) in [5, 5.41) is 9.63. The summed E-state index contributed by atoms with van der Waals surface area (Å²) in [5.41, 5.74) is 4.99. The highest BCUT2D eigenvalue weighted by Crippen LogP contribution is 2.10. The van der Waals surface area contributed by atoms with Gasteiger partial charge in [-0.05, 0) is 20.3 Å². The Labute approximate surface area is 93.0 Å². The van der Waals surface area contributed by atoms with Crippen molar-refractivity contribution in [3.63, 3.8) is 0 Å². The number of piperazine rings is 1. The monoisotopic (exact) mass is 215 g/mol. The van der Waals surface area contributed by atoms with Crippen LogP contribution in [0.3, 0.4) is 0 Å². The van der Waals surface area contributed by atoms with Crippen molar-refractivity contribution in [2.45, 2.75) is 25.9 Å². The maximum atomic E-state index is 9.63. The molecular weight excluding hydrogens is 190 g/mol. The van der Waals surface area contributed by atoms with Gasteiger partial charge in [0, 0.05) is 45.8 Å². The van der Waals surface area contributed by atoms with Crippen molar-refractivity contribution >= 4 is 0 Å². The van der Waals surface area contributed by atoms with E-state index in [9.17, 15) is 5.11 Å². The van der Waals surface area contributed by atoms with Gasteiger partial charge in [0.25, 0.3) is 0 Å². The molecule has 0 aromatic carbocycles. The Morgan fingerprint density at radius 1 is 1.07 bits per heavy atom. The molecule has 4 heteroatoms. The second-order valence-electron chi connectivity index (χ2n) is 5.03. The average molecular weight is 215 g/mol.